The molecule has 4 aromatic rings. The van der Waals surface area contributed by atoms with Gasteiger partial charge in [0.2, 0.25) is 5.89 Å². The summed E-state index contributed by atoms with van der Waals surface area (Å²) in [5, 5.41) is 17.8. The van der Waals surface area contributed by atoms with Crippen molar-refractivity contribution in [1.29, 1.82) is 0 Å². The fourth-order valence-electron chi connectivity index (χ4n) is 4.02. The molecule has 0 aliphatic heterocycles. The fraction of sp³-hybridized carbons (Fsp3) is 0.276. The molecule has 8 nitrogen and oxygen atoms in total. The molecule has 0 saturated carbocycles. The van der Waals surface area contributed by atoms with E-state index in [1.165, 1.54) is 0 Å². The van der Waals surface area contributed by atoms with Crippen LogP contribution in [0.1, 0.15) is 39.0 Å². The molecule has 192 valence electrons. The van der Waals surface area contributed by atoms with Gasteiger partial charge in [-0.05, 0) is 60.7 Å². The summed E-state index contributed by atoms with van der Waals surface area (Å²) in [6.07, 6.45) is 3.18. The van der Waals surface area contributed by atoms with Crippen LogP contribution in [0.3, 0.4) is 0 Å². The van der Waals surface area contributed by atoms with Gasteiger partial charge in [-0.3, -0.25) is 4.79 Å². The summed E-state index contributed by atoms with van der Waals surface area (Å²) in [7, 11) is 0. The minimum atomic E-state index is -0.797. The van der Waals surface area contributed by atoms with Crippen LogP contribution in [0.5, 0.6) is 0 Å². The number of fused-ring (bicyclic) bond motifs is 1. The van der Waals surface area contributed by atoms with Crippen LogP contribution < -0.4 is 16.0 Å². The second kappa shape index (κ2) is 12.6. The lowest BCUT2D eigenvalue weighted by atomic mass is 10.1. The SMILES string of the molecule is CCCNc1ccc(NC(=O)NCCCCCC(=O)O)cc1-c1nc2cc(-c3ccccc3)ccc2o1. The summed E-state index contributed by atoms with van der Waals surface area (Å²) in [5.41, 5.74) is 5.88. The van der Waals surface area contributed by atoms with Crippen LogP contribution in [-0.2, 0) is 4.79 Å². The maximum Gasteiger partial charge on any atom is 0.319 e. The Labute approximate surface area is 216 Å². The number of nitrogens with one attached hydrogen (secondary N) is 3. The highest BCUT2D eigenvalue weighted by atomic mass is 16.4. The summed E-state index contributed by atoms with van der Waals surface area (Å²) in [4.78, 5) is 27.8. The summed E-state index contributed by atoms with van der Waals surface area (Å²) in [6, 6.07) is 21.4. The number of hydrogen-bond donors (Lipinski definition) is 4. The quantitative estimate of drug-likeness (QED) is 0.160. The molecule has 4 rings (SSSR count). The van der Waals surface area contributed by atoms with Gasteiger partial charge in [0.25, 0.3) is 0 Å². The second-order valence-electron chi connectivity index (χ2n) is 8.84. The van der Waals surface area contributed by atoms with Crippen molar-refractivity contribution in [2.45, 2.75) is 39.0 Å². The summed E-state index contributed by atoms with van der Waals surface area (Å²) in [6.45, 7) is 3.36. The molecule has 0 atom stereocenters. The third-order valence-electron chi connectivity index (χ3n) is 5.92. The van der Waals surface area contributed by atoms with E-state index >= 15 is 0 Å². The van der Waals surface area contributed by atoms with Crippen LogP contribution in [0.15, 0.2) is 71.1 Å². The van der Waals surface area contributed by atoms with Crippen molar-refractivity contribution < 1.29 is 19.1 Å². The van der Waals surface area contributed by atoms with E-state index in [1.807, 2.05) is 54.6 Å². The van der Waals surface area contributed by atoms with Crippen LogP contribution in [0.25, 0.3) is 33.7 Å². The zero-order valence-electron chi connectivity index (χ0n) is 20.9. The third-order valence-corrected chi connectivity index (χ3v) is 5.92. The highest BCUT2D eigenvalue weighted by Crippen LogP contribution is 2.34. The first-order valence-electron chi connectivity index (χ1n) is 12.6. The van der Waals surface area contributed by atoms with Gasteiger partial charge in [-0.15, -0.1) is 0 Å². The fourth-order valence-corrected chi connectivity index (χ4v) is 4.02. The van der Waals surface area contributed by atoms with Crippen molar-refractivity contribution in [3.8, 4) is 22.6 Å². The number of carboxylic acid groups (broad SMARTS) is 1. The number of oxazole rings is 1. The van der Waals surface area contributed by atoms with Crippen molar-refractivity contribution in [3.05, 3.63) is 66.7 Å². The number of rotatable bonds is 12. The van der Waals surface area contributed by atoms with E-state index in [0.717, 1.165) is 53.7 Å². The van der Waals surface area contributed by atoms with Crippen LogP contribution in [-0.4, -0.2) is 35.2 Å². The van der Waals surface area contributed by atoms with Gasteiger partial charge in [-0.2, -0.15) is 0 Å². The zero-order chi connectivity index (χ0) is 26.0. The minimum absolute atomic E-state index is 0.150. The first-order chi connectivity index (χ1) is 18.0. The molecule has 0 bridgehead atoms. The average Bonchev–Trinajstić information content (AvgIpc) is 3.33. The number of hydrogen-bond acceptors (Lipinski definition) is 5. The average molecular weight is 501 g/mol. The molecule has 0 fully saturated rings. The maximum absolute atomic E-state index is 12.4. The van der Waals surface area contributed by atoms with Crippen molar-refractivity contribution >= 4 is 34.5 Å². The van der Waals surface area contributed by atoms with Gasteiger partial charge in [0.05, 0.1) is 5.56 Å². The summed E-state index contributed by atoms with van der Waals surface area (Å²) in [5.74, 6) is -0.324. The topological polar surface area (TPSA) is 116 Å². The molecule has 2 amide bonds. The van der Waals surface area contributed by atoms with E-state index in [9.17, 15) is 9.59 Å². The molecule has 0 spiro atoms. The number of unbranched alkanes of at least 4 members (excludes halogenated alkanes) is 2. The Kier molecular flexibility index (Phi) is 8.75. The van der Waals surface area contributed by atoms with Crippen molar-refractivity contribution in [2.75, 3.05) is 23.7 Å². The smallest absolute Gasteiger partial charge is 0.319 e. The Morgan fingerprint density at radius 3 is 2.54 bits per heavy atom. The molecule has 3 aromatic carbocycles. The Morgan fingerprint density at radius 1 is 0.919 bits per heavy atom. The standard InChI is InChI=1S/C29H32N4O4/c1-2-16-30-24-14-13-22(32-29(36)31-17-8-4-7-11-27(34)35)19-23(24)28-33-25-18-21(12-15-26(25)37-28)20-9-5-3-6-10-20/h3,5-6,9-10,12-15,18-19,30H,2,4,7-8,11,16-17H2,1H3,(H,34,35)(H2,31,32,36). The number of carbonyl (C=O) groups is 2. The number of anilines is 2. The van der Waals surface area contributed by atoms with Gasteiger partial charge in [0.15, 0.2) is 5.58 Å². The largest absolute Gasteiger partial charge is 0.481 e. The van der Waals surface area contributed by atoms with Gasteiger partial charge in [0.1, 0.15) is 5.52 Å². The predicted octanol–water partition coefficient (Wildman–Crippen LogP) is 6.75. The molecule has 8 heteroatoms. The van der Waals surface area contributed by atoms with Crippen LogP contribution in [0, 0.1) is 0 Å². The lowest BCUT2D eigenvalue weighted by Crippen LogP contribution is -2.29. The highest BCUT2D eigenvalue weighted by Gasteiger charge is 2.15. The molecule has 0 aliphatic carbocycles. The van der Waals surface area contributed by atoms with Gasteiger partial charge in [-0.1, -0.05) is 49.7 Å². The monoisotopic (exact) mass is 500 g/mol. The van der Waals surface area contributed by atoms with Crippen LogP contribution in [0.2, 0.25) is 0 Å². The molecule has 0 saturated heterocycles. The summed E-state index contributed by atoms with van der Waals surface area (Å²) < 4.78 is 6.12. The molecule has 0 aliphatic rings. The van der Waals surface area contributed by atoms with Crippen LogP contribution >= 0.6 is 0 Å². The van der Waals surface area contributed by atoms with Gasteiger partial charge in [0, 0.05) is 30.9 Å². The maximum atomic E-state index is 12.4. The first-order valence-corrected chi connectivity index (χ1v) is 12.6. The number of nitrogens with zero attached hydrogens (tertiary/aromatic N) is 1. The highest BCUT2D eigenvalue weighted by molar-refractivity contribution is 5.92. The van der Waals surface area contributed by atoms with Crippen molar-refractivity contribution in [2.24, 2.45) is 0 Å². The van der Waals surface area contributed by atoms with Gasteiger partial charge in [-0.25, -0.2) is 9.78 Å². The Balaban J connectivity index is 1.50. The number of aliphatic carboxylic acids is 1. The van der Waals surface area contributed by atoms with E-state index in [0.29, 0.717) is 30.1 Å². The molecule has 0 unspecified atom stereocenters. The lowest BCUT2D eigenvalue weighted by molar-refractivity contribution is -0.137. The lowest BCUT2D eigenvalue weighted by Gasteiger charge is -2.12. The normalized spacial score (nSPS) is 10.8. The number of benzene rings is 3. The van der Waals surface area contributed by atoms with E-state index in [4.69, 9.17) is 14.5 Å². The summed E-state index contributed by atoms with van der Waals surface area (Å²) >= 11 is 0. The Morgan fingerprint density at radius 2 is 1.76 bits per heavy atom. The van der Waals surface area contributed by atoms with E-state index in [2.05, 4.69) is 35.0 Å². The minimum Gasteiger partial charge on any atom is -0.481 e. The molecule has 1 aromatic heterocycles. The van der Waals surface area contributed by atoms with E-state index < -0.39 is 5.97 Å². The van der Waals surface area contributed by atoms with E-state index in [1.54, 1.807) is 0 Å². The molecule has 37 heavy (non-hydrogen) atoms. The van der Waals surface area contributed by atoms with Gasteiger partial charge < -0.3 is 25.5 Å². The van der Waals surface area contributed by atoms with E-state index in [-0.39, 0.29) is 12.5 Å². The van der Waals surface area contributed by atoms with Crippen molar-refractivity contribution in [3.63, 3.8) is 0 Å². The number of urea groups is 1. The van der Waals surface area contributed by atoms with Gasteiger partial charge >= 0.3 is 12.0 Å². The molecule has 1 heterocycles. The van der Waals surface area contributed by atoms with Crippen molar-refractivity contribution in [1.82, 2.24) is 10.3 Å². The molecule has 4 N–H and O–H groups in total. The Hall–Kier alpha value is -4.33. The number of aromatic nitrogens is 1. The molecule has 0 radical (unpaired) electrons. The second-order valence-corrected chi connectivity index (χ2v) is 8.84. The number of carboxylic acids is 1. The number of carbonyl (C=O) groups excluding carboxylic acids is 1. The molecular formula is C29H32N4O4. The zero-order valence-corrected chi connectivity index (χ0v) is 20.9. The Bertz CT molecular complexity index is 1350. The third kappa shape index (κ3) is 7.10. The molecular weight excluding hydrogens is 468 g/mol. The number of amides is 2. The first kappa shape index (κ1) is 25.8. The van der Waals surface area contributed by atoms with Crippen LogP contribution in [0.4, 0.5) is 16.2 Å². The predicted molar refractivity (Wildman–Crippen MR) is 147 cm³/mol.